The van der Waals surface area contributed by atoms with E-state index in [9.17, 15) is 9.59 Å². The van der Waals surface area contributed by atoms with Crippen molar-refractivity contribution >= 4 is 29.6 Å². The second-order valence-electron chi connectivity index (χ2n) is 4.88. The Balaban J connectivity index is 2.83. The maximum atomic E-state index is 11.7. The van der Waals surface area contributed by atoms with Gasteiger partial charge in [0.2, 0.25) is 0 Å². The Morgan fingerprint density at radius 2 is 1.87 bits per heavy atom. The fraction of sp³-hybridized carbons (Fsp3) is 0.375. The van der Waals surface area contributed by atoms with Crippen LogP contribution in [0.15, 0.2) is 18.2 Å². The van der Waals surface area contributed by atoms with Crippen molar-refractivity contribution in [3.63, 3.8) is 0 Å². The number of amides is 1. The molecule has 1 amide bonds. The summed E-state index contributed by atoms with van der Waals surface area (Å²) in [5.74, 6) is -0.0530. The third kappa shape index (κ3) is 5.17. The number of rotatable bonds is 6. The number of likely N-dealkylation sites (N-methyl/N-ethyl adjacent to an activating group) is 1. The molecule has 1 rings (SSSR count). The van der Waals surface area contributed by atoms with Crippen molar-refractivity contribution in [3.8, 4) is 11.5 Å². The number of hydrogen-bond acceptors (Lipinski definition) is 5. The molecular formula is C16H20ClNO5. The first-order valence-corrected chi connectivity index (χ1v) is 7.19. The molecule has 0 N–H and O–H groups in total. The maximum absolute atomic E-state index is 11.7. The van der Waals surface area contributed by atoms with Crippen LogP contribution in [0.5, 0.6) is 11.5 Å². The van der Waals surface area contributed by atoms with Gasteiger partial charge in [0.25, 0.3) is 5.91 Å². The zero-order valence-corrected chi connectivity index (χ0v) is 14.5. The van der Waals surface area contributed by atoms with Gasteiger partial charge < -0.3 is 19.1 Å². The molecule has 1 aromatic carbocycles. The van der Waals surface area contributed by atoms with E-state index in [4.69, 9.17) is 25.8 Å². The Hall–Kier alpha value is -2.21. The van der Waals surface area contributed by atoms with Crippen LogP contribution in [-0.2, 0) is 14.3 Å². The van der Waals surface area contributed by atoms with Gasteiger partial charge in [0, 0.05) is 20.2 Å². The molecule has 0 bridgehead atoms. The molecule has 0 aliphatic carbocycles. The number of esters is 1. The van der Waals surface area contributed by atoms with Crippen molar-refractivity contribution in [1.82, 2.24) is 4.90 Å². The fourth-order valence-corrected chi connectivity index (χ4v) is 2.12. The quantitative estimate of drug-likeness (QED) is 0.587. The number of methoxy groups -OCH3 is 2. The van der Waals surface area contributed by atoms with Gasteiger partial charge in [0.1, 0.15) is 0 Å². The van der Waals surface area contributed by atoms with Gasteiger partial charge in [-0.15, -0.1) is 0 Å². The van der Waals surface area contributed by atoms with Gasteiger partial charge in [-0.2, -0.15) is 0 Å². The smallest absolute Gasteiger partial charge is 0.331 e. The Labute approximate surface area is 140 Å². The lowest BCUT2D eigenvalue weighted by atomic mass is 10.2. The van der Waals surface area contributed by atoms with Crippen molar-refractivity contribution in [2.45, 2.75) is 13.0 Å². The van der Waals surface area contributed by atoms with E-state index >= 15 is 0 Å². The SMILES string of the molecule is COc1cc(/C=C/C(=O)O[C@@H](C)C(=O)N(C)C)cc(Cl)c1OC. The van der Waals surface area contributed by atoms with Crippen LogP contribution in [0.1, 0.15) is 12.5 Å². The minimum Gasteiger partial charge on any atom is -0.493 e. The lowest BCUT2D eigenvalue weighted by molar-refractivity contribution is -0.153. The molecule has 126 valence electrons. The fourth-order valence-electron chi connectivity index (χ4n) is 1.83. The number of benzene rings is 1. The van der Waals surface area contributed by atoms with Crippen molar-refractivity contribution in [1.29, 1.82) is 0 Å². The Kier molecular flexibility index (Phi) is 6.90. The van der Waals surface area contributed by atoms with Crippen LogP contribution in [0.25, 0.3) is 6.08 Å². The summed E-state index contributed by atoms with van der Waals surface area (Å²) in [6.45, 7) is 1.52. The van der Waals surface area contributed by atoms with Crippen molar-refractivity contribution in [2.24, 2.45) is 0 Å². The number of carbonyl (C=O) groups excluding carboxylic acids is 2. The van der Waals surface area contributed by atoms with E-state index in [0.29, 0.717) is 22.1 Å². The summed E-state index contributed by atoms with van der Waals surface area (Å²) >= 11 is 6.08. The molecular weight excluding hydrogens is 322 g/mol. The predicted molar refractivity (Wildman–Crippen MR) is 87.8 cm³/mol. The van der Waals surface area contributed by atoms with Crippen molar-refractivity contribution in [3.05, 3.63) is 28.8 Å². The van der Waals surface area contributed by atoms with E-state index in [-0.39, 0.29) is 5.91 Å². The molecule has 0 aliphatic heterocycles. The molecule has 0 unspecified atom stereocenters. The molecule has 0 radical (unpaired) electrons. The maximum Gasteiger partial charge on any atom is 0.331 e. The minimum atomic E-state index is -0.851. The molecule has 23 heavy (non-hydrogen) atoms. The van der Waals surface area contributed by atoms with Gasteiger partial charge in [-0.1, -0.05) is 11.6 Å². The van der Waals surface area contributed by atoms with Crippen LogP contribution in [0.3, 0.4) is 0 Å². The lowest BCUT2D eigenvalue weighted by Gasteiger charge is -2.16. The zero-order chi connectivity index (χ0) is 17.6. The van der Waals surface area contributed by atoms with E-state index in [1.165, 1.54) is 38.2 Å². The van der Waals surface area contributed by atoms with Crippen molar-refractivity contribution < 1.29 is 23.8 Å². The first kappa shape index (κ1) is 18.8. The van der Waals surface area contributed by atoms with Crippen LogP contribution in [0.4, 0.5) is 0 Å². The molecule has 1 aromatic rings. The second kappa shape index (κ2) is 8.43. The van der Waals surface area contributed by atoms with Crippen LogP contribution in [0.2, 0.25) is 5.02 Å². The minimum absolute atomic E-state index is 0.291. The van der Waals surface area contributed by atoms with E-state index in [0.717, 1.165) is 0 Å². The van der Waals surface area contributed by atoms with Crippen LogP contribution < -0.4 is 9.47 Å². The molecule has 0 heterocycles. The lowest BCUT2D eigenvalue weighted by Crippen LogP contribution is -2.34. The van der Waals surface area contributed by atoms with E-state index in [2.05, 4.69) is 0 Å². The van der Waals surface area contributed by atoms with E-state index in [1.807, 2.05) is 0 Å². The average molecular weight is 342 g/mol. The Bertz CT molecular complexity index is 613. The Morgan fingerprint density at radius 3 is 2.39 bits per heavy atom. The van der Waals surface area contributed by atoms with Gasteiger partial charge in [-0.3, -0.25) is 4.79 Å². The predicted octanol–water partition coefficient (Wildman–Crippen LogP) is 2.39. The molecule has 0 saturated carbocycles. The van der Waals surface area contributed by atoms with Gasteiger partial charge in [0.05, 0.1) is 19.2 Å². The largest absolute Gasteiger partial charge is 0.493 e. The highest BCUT2D eigenvalue weighted by atomic mass is 35.5. The van der Waals surface area contributed by atoms with Gasteiger partial charge in [-0.05, 0) is 30.7 Å². The van der Waals surface area contributed by atoms with E-state index < -0.39 is 12.1 Å². The number of halogens is 1. The number of nitrogens with zero attached hydrogens (tertiary/aromatic N) is 1. The number of ether oxygens (including phenoxy) is 3. The average Bonchev–Trinajstić information content (AvgIpc) is 2.51. The van der Waals surface area contributed by atoms with Gasteiger partial charge in [0.15, 0.2) is 17.6 Å². The van der Waals surface area contributed by atoms with Crippen molar-refractivity contribution in [2.75, 3.05) is 28.3 Å². The van der Waals surface area contributed by atoms with Gasteiger partial charge in [-0.25, -0.2) is 4.79 Å². The molecule has 6 nitrogen and oxygen atoms in total. The summed E-state index contributed by atoms with van der Waals surface area (Å²) in [5, 5.41) is 0.357. The highest BCUT2D eigenvalue weighted by Gasteiger charge is 2.18. The monoisotopic (exact) mass is 341 g/mol. The summed E-state index contributed by atoms with van der Waals surface area (Å²) < 4.78 is 15.3. The molecule has 0 saturated heterocycles. The molecule has 1 atom stereocenters. The third-order valence-corrected chi connectivity index (χ3v) is 3.23. The molecule has 0 aliphatic rings. The number of hydrogen-bond donors (Lipinski definition) is 0. The standard InChI is InChI=1S/C16H20ClNO5/c1-10(16(20)18(2)3)23-14(19)7-6-11-8-12(17)15(22-5)13(9-11)21-4/h6-10H,1-5H3/b7-6+/t10-/m0/s1. The highest BCUT2D eigenvalue weighted by molar-refractivity contribution is 6.32. The Morgan fingerprint density at radius 1 is 1.22 bits per heavy atom. The third-order valence-electron chi connectivity index (χ3n) is 2.95. The van der Waals surface area contributed by atoms with Crippen LogP contribution in [0, 0.1) is 0 Å². The first-order valence-electron chi connectivity index (χ1n) is 6.81. The summed E-state index contributed by atoms with van der Waals surface area (Å²) in [6.07, 6.45) is 1.89. The zero-order valence-electron chi connectivity index (χ0n) is 13.8. The van der Waals surface area contributed by atoms with E-state index in [1.54, 1.807) is 26.2 Å². The molecule has 0 fully saturated rings. The van der Waals surface area contributed by atoms with Gasteiger partial charge >= 0.3 is 5.97 Å². The summed E-state index contributed by atoms with van der Waals surface area (Å²) in [5.41, 5.74) is 0.635. The molecule has 7 heteroatoms. The highest BCUT2D eigenvalue weighted by Crippen LogP contribution is 2.36. The summed E-state index contributed by atoms with van der Waals surface area (Å²) in [4.78, 5) is 24.7. The molecule has 0 aromatic heterocycles. The summed E-state index contributed by atoms with van der Waals surface area (Å²) in [6, 6.07) is 3.30. The topological polar surface area (TPSA) is 65.1 Å². The number of carbonyl (C=O) groups is 2. The summed E-state index contributed by atoms with van der Waals surface area (Å²) in [7, 11) is 6.16. The first-order chi connectivity index (χ1) is 10.8. The van der Waals surface area contributed by atoms with Crippen LogP contribution >= 0.6 is 11.6 Å². The second-order valence-corrected chi connectivity index (χ2v) is 5.29. The molecule has 0 spiro atoms. The normalized spacial score (nSPS) is 11.9. The van der Waals surface area contributed by atoms with Crippen LogP contribution in [-0.4, -0.2) is 51.2 Å².